The van der Waals surface area contributed by atoms with E-state index in [1.54, 1.807) is 4.90 Å². The van der Waals surface area contributed by atoms with Gasteiger partial charge < -0.3 is 19.8 Å². The van der Waals surface area contributed by atoms with Gasteiger partial charge in [0.05, 0.1) is 0 Å². The van der Waals surface area contributed by atoms with Crippen LogP contribution in [-0.4, -0.2) is 84.8 Å². The van der Waals surface area contributed by atoms with Crippen LogP contribution in [0.3, 0.4) is 0 Å². The molecule has 148 valence electrons. The van der Waals surface area contributed by atoms with E-state index in [2.05, 4.69) is 46.7 Å². The first kappa shape index (κ1) is 18.6. The molecular formula is C21H32N4O2. The van der Waals surface area contributed by atoms with Crippen LogP contribution in [0, 0.1) is 18.8 Å². The smallest absolute Gasteiger partial charge is 0.407 e. The Kier molecular flexibility index (Phi) is 5.28. The summed E-state index contributed by atoms with van der Waals surface area (Å²) in [5.41, 5.74) is 4.21. The van der Waals surface area contributed by atoms with Crippen molar-refractivity contribution in [3.8, 4) is 0 Å². The molecule has 3 aliphatic rings. The first-order valence-electron chi connectivity index (χ1n) is 10.3. The Hall–Kier alpha value is -1.79. The van der Waals surface area contributed by atoms with Gasteiger partial charge in [-0.15, -0.1) is 0 Å². The Morgan fingerprint density at radius 3 is 2.30 bits per heavy atom. The van der Waals surface area contributed by atoms with Gasteiger partial charge in [-0.05, 0) is 42.5 Å². The lowest BCUT2D eigenvalue weighted by molar-refractivity contribution is 0.148. The summed E-state index contributed by atoms with van der Waals surface area (Å²) < 4.78 is 0. The molecule has 0 aliphatic carbocycles. The van der Waals surface area contributed by atoms with Crippen molar-refractivity contribution in [2.45, 2.75) is 20.4 Å². The zero-order chi connectivity index (χ0) is 19.0. The van der Waals surface area contributed by atoms with E-state index in [0.29, 0.717) is 24.9 Å². The van der Waals surface area contributed by atoms with Crippen molar-refractivity contribution in [2.75, 3.05) is 63.8 Å². The summed E-state index contributed by atoms with van der Waals surface area (Å²) in [6, 6.07) is 6.73. The Bertz CT molecular complexity index is 673. The van der Waals surface area contributed by atoms with Gasteiger partial charge in [-0.3, -0.25) is 4.90 Å². The fourth-order valence-corrected chi connectivity index (χ4v) is 5.11. The number of piperazine rings is 1. The summed E-state index contributed by atoms with van der Waals surface area (Å²) >= 11 is 0. The van der Waals surface area contributed by atoms with Crippen LogP contribution in [0.2, 0.25) is 0 Å². The fraction of sp³-hybridized carbons (Fsp3) is 0.667. The number of hydrogen-bond acceptors (Lipinski definition) is 4. The molecule has 3 aliphatic heterocycles. The molecule has 27 heavy (non-hydrogen) atoms. The molecule has 0 radical (unpaired) electrons. The summed E-state index contributed by atoms with van der Waals surface area (Å²) in [5, 5.41) is 9.20. The Morgan fingerprint density at radius 2 is 1.70 bits per heavy atom. The first-order chi connectivity index (χ1) is 13.0. The Labute approximate surface area is 162 Å². The number of likely N-dealkylation sites (tertiary alicyclic amines) is 2. The molecule has 2 atom stereocenters. The maximum absolute atomic E-state index is 11.2. The lowest BCUT2D eigenvalue weighted by Crippen LogP contribution is -2.46. The average Bonchev–Trinajstić information content (AvgIpc) is 3.22. The largest absolute Gasteiger partial charge is 0.465 e. The van der Waals surface area contributed by atoms with Crippen LogP contribution in [0.15, 0.2) is 18.2 Å². The number of nitrogens with zero attached hydrogens (tertiary/aromatic N) is 4. The highest BCUT2D eigenvalue weighted by Gasteiger charge is 2.41. The highest BCUT2D eigenvalue weighted by atomic mass is 16.4. The monoisotopic (exact) mass is 372 g/mol. The molecule has 3 heterocycles. The number of anilines is 1. The van der Waals surface area contributed by atoms with Gasteiger partial charge in [-0.25, -0.2) is 4.79 Å². The first-order valence-corrected chi connectivity index (χ1v) is 10.3. The van der Waals surface area contributed by atoms with Gasteiger partial charge in [0.1, 0.15) is 0 Å². The number of carboxylic acid groups (broad SMARTS) is 1. The van der Waals surface area contributed by atoms with E-state index < -0.39 is 6.09 Å². The predicted octanol–water partition coefficient (Wildman–Crippen LogP) is 2.18. The van der Waals surface area contributed by atoms with Crippen molar-refractivity contribution in [1.29, 1.82) is 0 Å². The summed E-state index contributed by atoms with van der Waals surface area (Å²) in [6.07, 6.45) is -0.761. The van der Waals surface area contributed by atoms with Gasteiger partial charge in [0.25, 0.3) is 0 Å². The molecule has 4 rings (SSSR count). The van der Waals surface area contributed by atoms with E-state index in [0.717, 1.165) is 52.4 Å². The predicted molar refractivity (Wildman–Crippen MR) is 107 cm³/mol. The minimum Gasteiger partial charge on any atom is -0.465 e. The van der Waals surface area contributed by atoms with Gasteiger partial charge in [0.2, 0.25) is 0 Å². The number of fused-ring (bicyclic) bond motifs is 1. The maximum atomic E-state index is 11.2. The number of rotatable bonds is 4. The van der Waals surface area contributed by atoms with Gasteiger partial charge in [-0.1, -0.05) is 19.1 Å². The second kappa shape index (κ2) is 7.68. The number of benzene rings is 1. The number of amides is 1. The van der Waals surface area contributed by atoms with Crippen molar-refractivity contribution >= 4 is 11.8 Å². The van der Waals surface area contributed by atoms with E-state index in [9.17, 15) is 9.90 Å². The van der Waals surface area contributed by atoms with Crippen molar-refractivity contribution in [1.82, 2.24) is 14.7 Å². The molecule has 2 unspecified atom stereocenters. The lowest BCUT2D eigenvalue weighted by Gasteiger charge is -2.36. The maximum Gasteiger partial charge on any atom is 0.407 e. The van der Waals surface area contributed by atoms with E-state index in [1.165, 1.54) is 16.8 Å². The number of carbonyl (C=O) groups is 1. The molecule has 0 bridgehead atoms. The molecule has 1 aromatic rings. The third-order valence-electron chi connectivity index (χ3n) is 6.80. The van der Waals surface area contributed by atoms with Crippen molar-refractivity contribution in [3.63, 3.8) is 0 Å². The zero-order valence-electron chi connectivity index (χ0n) is 16.6. The highest BCUT2D eigenvalue weighted by molar-refractivity contribution is 5.65. The second-order valence-corrected chi connectivity index (χ2v) is 8.38. The third-order valence-corrected chi connectivity index (χ3v) is 6.80. The minimum atomic E-state index is -0.761. The van der Waals surface area contributed by atoms with Crippen molar-refractivity contribution in [3.05, 3.63) is 29.3 Å². The molecule has 0 spiro atoms. The van der Waals surface area contributed by atoms with Crippen molar-refractivity contribution in [2.24, 2.45) is 11.8 Å². The summed E-state index contributed by atoms with van der Waals surface area (Å²) in [5.74, 6) is 1.01. The van der Waals surface area contributed by atoms with E-state index >= 15 is 0 Å². The van der Waals surface area contributed by atoms with Crippen LogP contribution in [0.25, 0.3) is 0 Å². The van der Waals surface area contributed by atoms with Crippen LogP contribution >= 0.6 is 0 Å². The zero-order valence-corrected chi connectivity index (χ0v) is 16.6. The van der Waals surface area contributed by atoms with E-state index in [-0.39, 0.29) is 0 Å². The summed E-state index contributed by atoms with van der Waals surface area (Å²) in [4.78, 5) is 20.3. The standard InChI is InChI=1S/C21H32N4O2/c1-3-22-7-9-24(10-8-22)20-6-4-5-17(16(20)2)11-23-12-18-14-25(21(26)27)15-19(18)13-23/h4-6,18-19H,3,7-15H2,1-2H3,(H,26,27). The molecule has 0 saturated carbocycles. The van der Waals surface area contributed by atoms with Crippen LogP contribution in [-0.2, 0) is 6.54 Å². The van der Waals surface area contributed by atoms with Crippen LogP contribution in [0.5, 0.6) is 0 Å². The molecule has 1 N–H and O–H groups in total. The number of hydrogen-bond donors (Lipinski definition) is 1. The third kappa shape index (κ3) is 3.78. The highest BCUT2D eigenvalue weighted by Crippen LogP contribution is 2.33. The second-order valence-electron chi connectivity index (χ2n) is 8.38. The van der Waals surface area contributed by atoms with E-state index in [1.807, 2.05) is 0 Å². The SMILES string of the molecule is CCN1CCN(c2cccc(CN3CC4CN(C(=O)O)CC4C3)c2C)CC1. The van der Waals surface area contributed by atoms with Gasteiger partial charge >= 0.3 is 6.09 Å². The van der Waals surface area contributed by atoms with Crippen LogP contribution in [0.1, 0.15) is 18.1 Å². The van der Waals surface area contributed by atoms with Crippen molar-refractivity contribution < 1.29 is 9.90 Å². The summed E-state index contributed by atoms with van der Waals surface area (Å²) in [7, 11) is 0. The van der Waals surface area contributed by atoms with Gasteiger partial charge in [-0.2, -0.15) is 0 Å². The molecule has 0 aromatic heterocycles. The number of likely N-dealkylation sites (N-methyl/N-ethyl adjacent to an activating group) is 1. The molecule has 1 amide bonds. The molecule has 6 heteroatoms. The van der Waals surface area contributed by atoms with Gasteiger partial charge in [0, 0.05) is 64.6 Å². The average molecular weight is 373 g/mol. The lowest BCUT2D eigenvalue weighted by atomic mass is 10.0. The normalized spacial score (nSPS) is 26.6. The minimum absolute atomic E-state index is 0.506. The summed E-state index contributed by atoms with van der Waals surface area (Å²) in [6.45, 7) is 14.6. The quantitative estimate of drug-likeness (QED) is 0.878. The fourth-order valence-electron chi connectivity index (χ4n) is 5.11. The molecule has 6 nitrogen and oxygen atoms in total. The molecular weight excluding hydrogens is 340 g/mol. The topological polar surface area (TPSA) is 50.3 Å². The Balaban J connectivity index is 1.39. The van der Waals surface area contributed by atoms with Crippen LogP contribution < -0.4 is 4.90 Å². The Morgan fingerprint density at radius 1 is 1.04 bits per heavy atom. The van der Waals surface area contributed by atoms with Crippen LogP contribution in [0.4, 0.5) is 10.5 Å². The molecule has 1 aromatic carbocycles. The molecule has 3 fully saturated rings. The molecule has 3 saturated heterocycles. The van der Waals surface area contributed by atoms with E-state index in [4.69, 9.17) is 0 Å². The van der Waals surface area contributed by atoms with Gasteiger partial charge in [0.15, 0.2) is 0 Å².